The molecule has 50 valence electrons. The summed E-state index contributed by atoms with van der Waals surface area (Å²) in [4.78, 5) is 0. The molecule has 2 heteroatoms. The minimum Gasteiger partial charge on any atom is -0.393 e. The maximum atomic E-state index is 12.4. The number of hydrogen-bond acceptors (Lipinski definition) is 1. The largest absolute Gasteiger partial charge is 0.393 e. The summed E-state index contributed by atoms with van der Waals surface area (Å²) < 4.78 is 12.4. The van der Waals surface area contributed by atoms with Gasteiger partial charge in [0.2, 0.25) is 0 Å². The minimum absolute atomic E-state index is 0.372. The van der Waals surface area contributed by atoms with E-state index in [1.807, 2.05) is 0 Å². The van der Waals surface area contributed by atoms with Crippen molar-refractivity contribution in [2.75, 3.05) is 6.61 Å². The molecule has 0 radical (unpaired) electrons. The fourth-order valence-electron chi connectivity index (χ4n) is 0.274. The van der Waals surface area contributed by atoms with E-state index in [9.17, 15) is 4.39 Å². The first kappa shape index (κ1) is 7.89. The van der Waals surface area contributed by atoms with Gasteiger partial charge in [0.25, 0.3) is 0 Å². The third-order valence-corrected chi connectivity index (χ3v) is 1.10. The summed E-state index contributed by atoms with van der Waals surface area (Å²) in [6.45, 7) is 4.90. The second-order valence-electron chi connectivity index (χ2n) is 3.02. The smallest absolute Gasteiger partial charge is 0.128 e. The van der Waals surface area contributed by atoms with Crippen molar-refractivity contribution in [3.8, 4) is 0 Å². The number of aliphatic hydroxyl groups is 1. The zero-order valence-electron chi connectivity index (χ0n) is 5.61. The maximum Gasteiger partial charge on any atom is 0.128 e. The van der Waals surface area contributed by atoms with Crippen LogP contribution in [0.3, 0.4) is 0 Å². The highest BCUT2D eigenvalue weighted by Gasteiger charge is 2.22. The molecular weight excluding hydrogens is 107 g/mol. The molecule has 0 heterocycles. The second-order valence-corrected chi connectivity index (χ2v) is 3.02. The Balaban J connectivity index is 3.62. The minimum atomic E-state index is -1.09. The molecule has 8 heavy (non-hydrogen) atoms. The average Bonchev–Trinajstić information content (AvgIpc) is 1.62. The number of hydrogen-bond donors (Lipinski definition) is 1. The van der Waals surface area contributed by atoms with Crippen molar-refractivity contribution in [1.29, 1.82) is 0 Å². The van der Waals surface area contributed by atoms with Gasteiger partial charge < -0.3 is 5.11 Å². The van der Waals surface area contributed by atoms with E-state index in [0.717, 1.165) is 0 Å². The molecule has 1 nitrogen and oxygen atoms in total. The molecule has 0 bridgehead atoms. The van der Waals surface area contributed by atoms with Crippen molar-refractivity contribution in [3.05, 3.63) is 0 Å². The molecule has 0 spiro atoms. The maximum absolute atomic E-state index is 12.4. The van der Waals surface area contributed by atoms with Gasteiger partial charge in [-0.05, 0) is 5.41 Å². The first-order chi connectivity index (χ1) is 3.48. The Labute approximate surface area is 49.5 Å². The van der Waals surface area contributed by atoms with Crippen LogP contribution < -0.4 is 0 Å². The van der Waals surface area contributed by atoms with Crippen LogP contribution in [-0.4, -0.2) is 17.9 Å². The Hall–Kier alpha value is -0.110. The van der Waals surface area contributed by atoms with E-state index in [0.29, 0.717) is 0 Å². The summed E-state index contributed by atoms with van der Waals surface area (Å²) in [5, 5.41) is 8.30. The summed E-state index contributed by atoms with van der Waals surface area (Å²) in [6, 6.07) is 0. The lowest BCUT2D eigenvalue weighted by Crippen LogP contribution is -2.24. The van der Waals surface area contributed by atoms with Gasteiger partial charge in [0.05, 0.1) is 6.61 Å². The molecule has 0 aliphatic rings. The van der Waals surface area contributed by atoms with E-state index in [1.54, 1.807) is 20.8 Å². The van der Waals surface area contributed by atoms with Crippen LogP contribution in [0.1, 0.15) is 20.8 Å². The van der Waals surface area contributed by atoms with Crippen molar-refractivity contribution in [3.63, 3.8) is 0 Å². The standard InChI is InChI=1S/C6H13FO/c1-6(2,3)5(7)4-8/h5,8H,4H2,1-3H3/t5-/m1/s1. The molecule has 0 saturated carbocycles. The van der Waals surface area contributed by atoms with Crippen LogP contribution in [0.15, 0.2) is 0 Å². The van der Waals surface area contributed by atoms with Gasteiger partial charge in [-0.1, -0.05) is 20.8 Å². The SMILES string of the molecule is CC(C)(C)[C@H](F)CO. The summed E-state index contributed by atoms with van der Waals surface area (Å²) >= 11 is 0. The van der Waals surface area contributed by atoms with Gasteiger partial charge in [0.15, 0.2) is 0 Å². The highest BCUT2D eigenvalue weighted by atomic mass is 19.1. The topological polar surface area (TPSA) is 20.2 Å². The summed E-state index contributed by atoms with van der Waals surface area (Å²) in [6.07, 6.45) is -1.09. The molecule has 1 atom stereocenters. The molecule has 0 aliphatic heterocycles. The van der Waals surface area contributed by atoms with Crippen molar-refractivity contribution in [2.24, 2.45) is 5.41 Å². The van der Waals surface area contributed by atoms with Crippen LogP contribution >= 0.6 is 0 Å². The third-order valence-electron chi connectivity index (χ3n) is 1.10. The van der Waals surface area contributed by atoms with Gasteiger partial charge in [0, 0.05) is 0 Å². The fraction of sp³-hybridized carbons (Fsp3) is 1.00. The molecule has 0 fully saturated rings. The molecule has 0 aromatic rings. The quantitative estimate of drug-likeness (QED) is 0.554. The molecule has 0 amide bonds. The van der Waals surface area contributed by atoms with Crippen LogP contribution in [-0.2, 0) is 0 Å². The first-order valence-corrected chi connectivity index (χ1v) is 2.73. The normalized spacial score (nSPS) is 16.1. The first-order valence-electron chi connectivity index (χ1n) is 2.73. The molecule has 0 unspecified atom stereocenters. The van der Waals surface area contributed by atoms with Crippen LogP contribution in [0.2, 0.25) is 0 Å². The Morgan fingerprint density at radius 1 is 1.50 bits per heavy atom. The predicted octanol–water partition coefficient (Wildman–Crippen LogP) is 1.36. The summed E-state index contributed by atoms with van der Waals surface area (Å²) in [5.41, 5.74) is -0.408. The highest BCUT2D eigenvalue weighted by Crippen LogP contribution is 2.20. The number of halogens is 1. The zero-order valence-corrected chi connectivity index (χ0v) is 5.61. The number of alkyl halides is 1. The zero-order chi connectivity index (χ0) is 6.78. The number of aliphatic hydroxyl groups excluding tert-OH is 1. The van der Waals surface area contributed by atoms with E-state index < -0.39 is 11.6 Å². The lowest BCUT2D eigenvalue weighted by Gasteiger charge is -2.20. The molecule has 0 aromatic carbocycles. The number of rotatable bonds is 1. The average molecular weight is 120 g/mol. The van der Waals surface area contributed by atoms with Gasteiger partial charge in [-0.2, -0.15) is 0 Å². The van der Waals surface area contributed by atoms with Crippen LogP contribution in [0.4, 0.5) is 4.39 Å². The van der Waals surface area contributed by atoms with Gasteiger partial charge in [-0.25, -0.2) is 4.39 Å². The van der Waals surface area contributed by atoms with E-state index in [2.05, 4.69) is 0 Å². The lowest BCUT2D eigenvalue weighted by molar-refractivity contribution is 0.0868. The van der Waals surface area contributed by atoms with Crippen LogP contribution in [0, 0.1) is 5.41 Å². The van der Waals surface area contributed by atoms with E-state index in [1.165, 1.54) is 0 Å². The monoisotopic (exact) mass is 120 g/mol. The fourth-order valence-corrected chi connectivity index (χ4v) is 0.274. The molecule has 0 aliphatic carbocycles. The Morgan fingerprint density at radius 2 is 1.88 bits per heavy atom. The van der Waals surface area contributed by atoms with Crippen molar-refractivity contribution in [1.82, 2.24) is 0 Å². The molecule has 0 aromatic heterocycles. The van der Waals surface area contributed by atoms with E-state index in [4.69, 9.17) is 5.11 Å². The third kappa shape index (κ3) is 2.26. The van der Waals surface area contributed by atoms with Crippen molar-refractivity contribution >= 4 is 0 Å². The Morgan fingerprint density at radius 3 is 1.88 bits per heavy atom. The Kier molecular flexibility index (Phi) is 2.41. The molecule has 1 N–H and O–H groups in total. The lowest BCUT2D eigenvalue weighted by atomic mass is 9.91. The molecule has 0 saturated heterocycles. The van der Waals surface area contributed by atoms with Crippen molar-refractivity contribution in [2.45, 2.75) is 26.9 Å². The van der Waals surface area contributed by atoms with E-state index in [-0.39, 0.29) is 6.61 Å². The van der Waals surface area contributed by atoms with Crippen molar-refractivity contribution < 1.29 is 9.50 Å². The summed E-state index contributed by atoms with van der Waals surface area (Å²) in [7, 11) is 0. The van der Waals surface area contributed by atoms with Gasteiger partial charge in [0.1, 0.15) is 6.17 Å². The van der Waals surface area contributed by atoms with Crippen LogP contribution in [0.5, 0.6) is 0 Å². The van der Waals surface area contributed by atoms with Gasteiger partial charge >= 0.3 is 0 Å². The van der Waals surface area contributed by atoms with Gasteiger partial charge in [-0.15, -0.1) is 0 Å². The summed E-state index contributed by atoms with van der Waals surface area (Å²) in [5.74, 6) is 0. The Bertz CT molecular complexity index is 65.4. The van der Waals surface area contributed by atoms with Gasteiger partial charge in [-0.3, -0.25) is 0 Å². The van der Waals surface area contributed by atoms with E-state index >= 15 is 0 Å². The molecule has 0 rings (SSSR count). The molecular formula is C6H13FO. The second kappa shape index (κ2) is 2.44. The van der Waals surface area contributed by atoms with Crippen LogP contribution in [0.25, 0.3) is 0 Å². The predicted molar refractivity (Wildman–Crippen MR) is 31.4 cm³/mol. The highest BCUT2D eigenvalue weighted by molar-refractivity contribution is 4.71.